The first-order valence-corrected chi connectivity index (χ1v) is 8.75. The quantitative estimate of drug-likeness (QED) is 0.604. The second-order valence-corrected chi connectivity index (χ2v) is 6.16. The Balaban J connectivity index is 2.41. The molecule has 0 amide bonds. The molecule has 0 aliphatic carbocycles. The summed E-state index contributed by atoms with van der Waals surface area (Å²) >= 11 is 3.14. The predicted molar refractivity (Wildman–Crippen MR) is 98.4 cm³/mol. The second-order valence-electron chi connectivity index (χ2n) is 5.24. The molecule has 0 aliphatic rings. The highest BCUT2D eigenvalue weighted by molar-refractivity contribution is 9.10. The molecule has 27 heavy (non-hydrogen) atoms. The molecule has 0 aliphatic heterocycles. The van der Waals surface area contributed by atoms with Gasteiger partial charge in [-0.3, -0.25) is 0 Å². The van der Waals surface area contributed by atoms with Gasteiger partial charge in [-0.05, 0) is 31.2 Å². The van der Waals surface area contributed by atoms with Crippen molar-refractivity contribution in [1.29, 1.82) is 0 Å². The number of benzene rings is 2. The van der Waals surface area contributed by atoms with Gasteiger partial charge in [0.25, 0.3) is 0 Å². The summed E-state index contributed by atoms with van der Waals surface area (Å²) in [7, 11) is 2.79. The fourth-order valence-corrected chi connectivity index (χ4v) is 2.72. The van der Waals surface area contributed by atoms with Gasteiger partial charge in [0, 0.05) is 10.0 Å². The highest BCUT2D eigenvalue weighted by Crippen LogP contribution is 2.33. The third-order valence-electron chi connectivity index (χ3n) is 3.59. The summed E-state index contributed by atoms with van der Waals surface area (Å²) in [5.41, 5.74) is -0.0875. The fraction of sp³-hybridized carbons (Fsp3) is 0.263. The summed E-state index contributed by atoms with van der Waals surface area (Å²) in [6.07, 6.45) is -1.57. The Bertz CT molecular complexity index is 839. The molecule has 0 saturated heterocycles. The van der Waals surface area contributed by atoms with Crippen molar-refractivity contribution in [2.45, 2.75) is 13.0 Å². The number of halogens is 2. The van der Waals surface area contributed by atoms with Crippen LogP contribution in [-0.2, 0) is 14.3 Å². The zero-order valence-electron chi connectivity index (χ0n) is 15.0. The van der Waals surface area contributed by atoms with Gasteiger partial charge in [-0.1, -0.05) is 28.1 Å². The third kappa shape index (κ3) is 4.77. The molecule has 0 saturated carbocycles. The maximum atomic E-state index is 14.3. The molecule has 2 aromatic rings. The Labute approximate surface area is 164 Å². The maximum Gasteiger partial charge on any atom is 0.352 e. The number of methoxy groups -OCH3 is 2. The molecule has 0 radical (unpaired) electrons. The molecule has 1 atom stereocenters. The van der Waals surface area contributed by atoms with Crippen LogP contribution in [0.15, 0.2) is 40.9 Å². The summed E-state index contributed by atoms with van der Waals surface area (Å²) in [6, 6.07) is 8.66. The van der Waals surface area contributed by atoms with Crippen molar-refractivity contribution >= 4 is 27.9 Å². The minimum Gasteiger partial charge on any atom is -0.493 e. The van der Waals surface area contributed by atoms with Gasteiger partial charge in [-0.2, -0.15) is 0 Å². The van der Waals surface area contributed by atoms with Crippen molar-refractivity contribution in [2.75, 3.05) is 20.8 Å². The Hall–Kier alpha value is -2.61. The first kappa shape index (κ1) is 20.7. The van der Waals surface area contributed by atoms with E-state index in [1.165, 1.54) is 38.5 Å². The average molecular weight is 441 g/mol. The monoisotopic (exact) mass is 440 g/mol. The largest absolute Gasteiger partial charge is 0.493 e. The molecule has 0 aromatic heterocycles. The standard InChI is InChI=1S/C19H18BrFO6/c1-4-26-19(23)17(12-9-8-11(20)10-14(12)21)27-18(22)13-6-5-7-15(24-2)16(13)25-3/h5-10,17H,4H2,1-3H3/t17-/m0/s1. The molecular formula is C19H18BrFO6. The van der Waals surface area contributed by atoms with E-state index in [1.54, 1.807) is 19.1 Å². The van der Waals surface area contributed by atoms with Crippen LogP contribution in [0.5, 0.6) is 11.5 Å². The molecule has 2 aromatic carbocycles. The maximum absolute atomic E-state index is 14.3. The van der Waals surface area contributed by atoms with Crippen LogP contribution in [-0.4, -0.2) is 32.8 Å². The summed E-state index contributed by atoms with van der Waals surface area (Å²) in [4.78, 5) is 25.0. The Morgan fingerprint density at radius 3 is 2.48 bits per heavy atom. The van der Waals surface area contributed by atoms with Crippen LogP contribution in [0, 0.1) is 5.82 Å². The number of carbonyl (C=O) groups is 2. The molecule has 2 rings (SSSR count). The van der Waals surface area contributed by atoms with E-state index in [1.807, 2.05) is 0 Å². The van der Waals surface area contributed by atoms with Crippen LogP contribution >= 0.6 is 15.9 Å². The molecule has 0 unspecified atom stereocenters. The zero-order chi connectivity index (χ0) is 20.0. The molecule has 0 heterocycles. The van der Waals surface area contributed by atoms with E-state index in [2.05, 4.69) is 15.9 Å². The van der Waals surface area contributed by atoms with Gasteiger partial charge in [-0.15, -0.1) is 0 Å². The molecule has 6 nitrogen and oxygen atoms in total. The minimum atomic E-state index is -1.57. The van der Waals surface area contributed by atoms with Gasteiger partial charge in [0.2, 0.25) is 6.10 Å². The normalized spacial score (nSPS) is 11.4. The number of ether oxygens (including phenoxy) is 4. The molecule has 0 bridgehead atoms. The predicted octanol–water partition coefficient (Wildman–Crippen LogP) is 4.07. The van der Waals surface area contributed by atoms with E-state index < -0.39 is 23.9 Å². The summed E-state index contributed by atoms with van der Waals surface area (Å²) in [6.45, 7) is 1.65. The van der Waals surface area contributed by atoms with E-state index in [0.29, 0.717) is 10.2 Å². The van der Waals surface area contributed by atoms with Crippen LogP contribution in [0.2, 0.25) is 0 Å². The zero-order valence-corrected chi connectivity index (χ0v) is 16.5. The smallest absolute Gasteiger partial charge is 0.352 e. The highest BCUT2D eigenvalue weighted by Gasteiger charge is 2.31. The van der Waals surface area contributed by atoms with Crippen molar-refractivity contribution in [3.8, 4) is 11.5 Å². The Kier molecular flexibility index (Phi) is 7.18. The SMILES string of the molecule is CCOC(=O)[C@@H](OC(=O)c1cccc(OC)c1OC)c1ccc(Br)cc1F. The van der Waals surface area contributed by atoms with Crippen molar-refractivity contribution < 1.29 is 32.9 Å². The summed E-state index contributed by atoms with van der Waals surface area (Å²) in [5.74, 6) is -2.02. The lowest BCUT2D eigenvalue weighted by Crippen LogP contribution is -2.23. The van der Waals surface area contributed by atoms with Crippen LogP contribution in [0.25, 0.3) is 0 Å². The van der Waals surface area contributed by atoms with E-state index in [4.69, 9.17) is 18.9 Å². The number of esters is 2. The first-order chi connectivity index (χ1) is 12.9. The number of para-hydroxylation sites is 1. The lowest BCUT2D eigenvalue weighted by Gasteiger charge is -2.19. The second kappa shape index (κ2) is 9.36. The van der Waals surface area contributed by atoms with E-state index in [9.17, 15) is 14.0 Å². The number of hydrogen-bond acceptors (Lipinski definition) is 6. The van der Waals surface area contributed by atoms with Crippen molar-refractivity contribution in [3.63, 3.8) is 0 Å². The van der Waals surface area contributed by atoms with Gasteiger partial charge in [0.1, 0.15) is 11.4 Å². The molecular weight excluding hydrogens is 423 g/mol. The van der Waals surface area contributed by atoms with Gasteiger partial charge >= 0.3 is 11.9 Å². The fourth-order valence-electron chi connectivity index (χ4n) is 2.39. The van der Waals surface area contributed by atoms with Crippen LogP contribution in [0.3, 0.4) is 0 Å². The molecule has 0 N–H and O–H groups in total. The van der Waals surface area contributed by atoms with E-state index in [0.717, 1.165) is 0 Å². The third-order valence-corrected chi connectivity index (χ3v) is 4.09. The number of carbonyl (C=O) groups excluding carboxylic acids is 2. The first-order valence-electron chi connectivity index (χ1n) is 7.96. The minimum absolute atomic E-state index is 0.0312. The van der Waals surface area contributed by atoms with Crippen LogP contribution in [0.4, 0.5) is 4.39 Å². The molecule has 0 spiro atoms. The van der Waals surface area contributed by atoms with Gasteiger partial charge in [-0.25, -0.2) is 14.0 Å². The van der Waals surface area contributed by atoms with E-state index >= 15 is 0 Å². The number of rotatable bonds is 7. The number of hydrogen-bond donors (Lipinski definition) is 0. The van der Waals surface area contributed by atoms with Crippen molar-refractivity contribution in [3.05, 3.63) is 57.8 Å². The van der Waals surface area contributed by atoms with Gasteiger partial charge in [0.15, 0.2) is 11.5 Å². The van der Waals surface area contributed by atoms with Crippen molar-refractivity contribution in [2.24, 2.45) is 0 Å². The molecule has 8 heteroatoms. The van der Waals surface area contributed by atoms with E-state index in [-0.39, 0.29) is 23.5 Å². The van der Waals surface area contributed by atoms with Crippen molar-refractivity contribution in [1.82, 2.24) is 0 Å². The van der Waals surface area contributed by atoms with Gasteiger partial charge in [0.05, 0.1) is 20.8 Å². The Morgan fingerprint density at radius 1 is 1.15 bits per heavy atom. The highest BCUT2D eigenvalue weighted by atomic mass is 79.9. The molecule has 0 fully saturated rings. The Morgan fingerprint density at radius 2 is 1.89 bits per heavy atom. The van der Waals surface area contributed by atoms with Crippen LogP contribution in [0.1, 0.15) is 28.9 Å². The summed E-state index contributed by atoms with van der Waals surface area (Å²) in [5, 5.41) is 0. The molecule has 144 valence electrons. The summed E-state index contributed by atoms with van der Waals surface area (Å²) < 4.78 is 35.4. The lowest BCUT2D eigenvalue weighted by molar-refractivity contribution is -0.154. The van der Waals surface area contributed by atoms with Crippen LogP contribution < -0.4 is 9.47 Å². The lowest BCUT2D eigenvalue weighted by atomic mass is 10.1. The average Bonchev–Trinajstić information content (AvgIpc) is 2.65. The van der Waals surface area contributed by atoms with Gasteiger partial charge < -0.3 is 18.9 Å². The topological polar surface area (TPSA) is 71.1 Å².